The van der Waals surface area contributed by atoms with Gasteiger partial charge in [-0.05, 0) is 48.0 Å². The predicted molar refractivity (Wildman–Crippen MR) is 94.2 cm³/mol. The normalized spacial score (nSPS) is 15.8. The standard InChI is InChI=1S/C18H16N2O2S/c1-12-3-2-4-14(9-12)11-22-15-7-5-13(6-8-15)10-16-17(21)20-18(19)23-16/h2-10H,11H2,1H3,(H2,19,20,21). The maximum atomic E-state index is 11.6. The van der Waals surface area contributed by atoms with E-state index in [1.165, 1.54) is 17.3 Å². The largest absolute Gasteiger partial charge is 0.489 e. The second-order valence-corrected chi connectivity index (χ2v) is 6.27. The molecule has 0 saturated heterocycles. The number of hydrogen-bond donors (Lipinski definition) is 1. The lowest BCUT2D eigenvalue weighted by molar-refractivity contribution is -0.113. The second-order valence-electron chi connectivity index (χ2n) is 5.21. The molecule has 0 aliphatic carbocycles. The highest BCUT2D eigenvalue weighted by Crippen LogP contribution is 2.27. The average molecular weight is 324 g/mol. The van der Waals surface area contributed by atoms with Gasteiger partial charge in [0.2, 0.25) is 0 Å². The zero-order valence-electron chi connectivity index (χ0n) is 12.7. The van der Waals surface area contributed by atoms with Crippen LogP contribution in [0.5, 0.6) is 5.75 Å². The first-order chi connectivity index (χ1) is 11.1. The minimum atomic E-state index is -0.285. The van der Waals surface area contributed by atoms with E-state index in [2.05, 4.69) is 24.0 Å². The van der Waals surface area contributed by atoms with Crippen molar-refractivity contribution >= 4 is 28.9 Å². The molecular weight excluding hydrogens is 308 g/mol. The predicted octanol–water partition coefficient (Wildman–Crippen LogP) is 3.50. The molecule has 1 amide bonds. The number of amidine groups is 1. The Kier molecular flexibility index (Phi) is 4.48. The number of ether oxygens (including phenoxy) is 1. The molecule has 0 fully saturated rings. The Morgan fingerprint density at radius 2 is 2.00 bits per heavy atom. The highest BCUT2D eigenvalue weighted by atomic mass is 32.2. The van der Waals surface area contributed by atoms with E-state index in [9.17, 15) is 4.79 Å². The molecule has 116 valence electrons. The zero-order valence-corrected chi connectivity index (χ0v) is 13.5. The Morgan fingerprint density at radius 1 is 1.22 bits per heavy atom. The summed E-state index contributed by atoms with van der Waals surface area (Å²) >= 11 is 1.19. The number of aryl methyl sites for hydroxylation is 1. The fourth-order valence-corrected chi connectivity index (χ4v) is 2.89. The van der Waals surface area contributed by atoms with E-state index in [0.29, 0.717) is 16.7 Å². The van der Waals surface area contributed by atoms with E-state index in [1.807, 2.05) is 36.4 Å². The summed E-state index contributed by atoms with van der Waals surface area (Å²) in [5.74, 6) is 0.502. The molecule has 0 unspecified atom stereocenters. The summed E-state index contributed by atoms with van der Waals surface area (Å²) in [6, 6.07) is 15.8. The van der Waals surface area contributed by atoms with Crippen molar-refractivity contribution in [1.82, 2.24) is 0 Å². The maximum absolute atomic E-state index is 11.6. The molecule has 23 heavy (non-hydrogen) atoms. The summed E-state index contributed by atoms with van der Waals surface area (Å²) in [5, 5.41) is 0.291. The van der Waals surface area contributed by atoms with Gasteiger partial charge in [-0.3, -0.25) is 4.79 Å². The first kappa shape index (κ1) is 15.4. The number of rotatable bonds is 4. The molecule has 0 atom stereocenters. The average Bonchev–Trinajstić information content (AvgIpc) is 2.84. The molecule has 0 radical (unpaired) electrons. The van der Waals surface area contributed by atoms with Crippen molar-refractivity contribution in [1.29, 1.82) is 0 Å². The van der Waals surface area contributed by atoms with E-state index in [4.69, 9.17) is 10.5 Å². The van der Waals surface area contributed by atoms with E-state index in [-0.39, 0.29) is 5.91 Å². The van der Waals surface area contributed by atoms with Crippen LogP contribution in [0.15, 0.2) is 58.4 Å². The molecule has 0 saturated carbocycles. The number of hydrogen-bond acceptors (Lipinski definition) is 4. The van der Waals surface area contributed by atoms with E-state index in [0.717, 1.165) is 16.9 Å². The Labute approximate surface area is 139 Å². The molecule has 1 heterocycles. The van der Waals surface area contributed by atoms with E-state index in [1.54, 1.807) is 6.08 Å². The third kappa shape index (κ3) is 4.02. The van der Waals surface area contributed by atoms with Crippen molar-refractivity contribution < 1.29 is 9.53 Å². The van der Waals surface area contributed by atoms with Crippen molar-refractivity contribution in [2.75, 3.05) is 0 Å². The van der Waals surface area contributed by atoms with Crippen LogP contribution in [-0.4, -0.2) is 11.1 Å². The summed E-state index contributed by atoms with van der Waals surface area (Å²) in [6.07, 6.45) is 1.78. The summed E-state index contributed by atoms with van der Waals surface area (Å²) in [6.45, 7) is 2.59. The highest BCUT2D eigenvalue weighted by molar-refractivity contribution is 8.18. The summed E-state index contributed by atoms with van der Waals surface area (Å²) in [7, 11) is 0. The summed E-state index contributed by atoms with van der Waals surface area (Å²) in [4.78, 5) is 15.8. The summed E-state index contributed by atoms with van der Waals surface area (Å²) < 4.78 is 5.77. The Bertz CT molecular complexity index is 795. The van der Waals surface area contributed by atoms with Crippen molar-refractivity contribution in [3.8, 4) is 5.75 Å². The minimum absolute atomic E-state index is 0.285. The van der Waals surface area contributed by atoms with Crippen LogP contribution in [0.4, 0.5) is 0 Å². The van der Waals surface area contributed by atoms with Crippen LogP contribution in [0.3, 0.4) is 0 Å². The Morgan fingerprint density at radius 3 is 2.65 bits per heavy atom. The topological polar surface area (TPSA) is 64.7 Å². The van der Waals surface area contributed by atoms with Crippen molar-refractivity contribution in [2.24, 2.45) is 10.7 Å². The lowest BCUT2D eigenvalue weighted by Crippen LogP contribution is -2.01. The van der Waals surface area contributed by atoms with Crippen LogP contribution >= 0.6 is 11.8 Å². The van der Waals surface area contributed by atoms with Crippen molar-refractivity contribution in [3.05, 3.63) is 70.1 Å². The Hall–Kier alpha value is -2.53. The van der Waals surface area contributed by atoms with E-state index < -0.39 is 0 Å². The molecular formula is C18H16N2O2S. The van der Waals surface area contributed by atoms with Crippen LogP contribution in [-0.2, 0) is 11.4 Å². The minimum Gasteiger partial charge on any atom is -0.489 e. The number of aliphatic imine (C=N–C) groups is 1. The third-order valence-electron chi connectivity index (χ3n) is 3.30. The number of carbonyl (C=O) groups excluding carboxylic acids is 1. The van der Waals surface area contributed by atoms with Gasteiger partial charge in [0.25, 0.3) is 5.91 Å². The molecule has 5 heteroatoms. The van der Waals surface area contributed by atoms with Gasteiger partial charge in [0.05, 0.1) is 4.91 Å². The molecule has 4 nitrogen and oxygen atoms in total. The number of nitrogens with two attached hydrogens (primary N) is 1. The molecule has 0 aromatic heterocycles. The molecule has 3 rings (SSSR count). The van der Waals surface area contributed by atoms with Gasteiger partial charge in [0.1, 0.15) is 12.4 Å². The lowest BCUT2D eigenvalue weighted by atomic mass is 10.1. The number of carbonyl (C=O) groups is 1. The first-order valence-electron chi connectivity index (χ1n) is 7.16. The Balaban J connectivity index is 1.64. The molecule has 0 bridgehead atoms. The fraction of sp³-hybridized carbons (Fsp3) is 0.111. The molecule has 2 N–H and O–H groups in total. The van der Waals surface area contributed by atoms with Crippen LogP contribution < -0.4 is 10.5 Å². The molecule has 1 aliphatic rings. The smallest absolute Gasteiger partial charge is 0.286 e. The SMILES string of the molecule is Cc1cccc(COc2ccc(C=C3SC(N)=NC3=O)cc2)c1. The highest BCUT2D eigenvalue weighted by Gasteiger charge is 2.19. The van der Waals surface area contributed by atoms with Gasteiger partial charge in [-0.1, -0.05) is 42.0 Å². The van der Waals surface area contributed by atoms with Crippen molar-refractivity contribution in [2.45, 2.75) is 13.5 Å². The number of nitrogens with zero attached hydrogens (tertiary/aromatic N) is 1. The van der Waals surface area contributed by atoms with Crippen LogP contribution in [0, 0.1) is 6.92 Å². The molecule has 0 spiro atoms. The third-order valence-corrected chi connectivity index (χ3v) is 4.12. The van der Waals surface area contributed by atoms with Gasteiger partial charge in [-0.25, -0.2) is 0 Å². The lowest BCUT2D eigenvalue weighted by Gasteiger charge is -2.07. The van der Waals surface area contributed by atoms with Gasteiger partial charge in [-0.15, -0.1) is 0 Å². The van der Waals surface area contributed by atoms with E-state index >= 15 is 0 Å². The molecule has 2 aromatic carbocycles. The first-order valence-corrected chi connectivity index (χ1v) is 7.98. The zero-order chi connectivity index (χ0) is 16.2. The van der Waals surface area contributed by atoms with Gasteiger partial charge >= 0.3 is 0 Å². The van der Waals surface area contributed by atoms with Gasteiger partial charge in [0, 0.05) is 0 Å². The summed E-state index contributed by atoms with van der Waals surface area (Å²) in [5.41, 5.74) is 8.79. The molecule has 2 aromatic rings. The van der Waals surface area contributed by atoms with Gasteiger partial charge in [-0.2, -0.15) is 4.99 Å². The fourth-order valence-electron chi connectivity index (χ4n) is 2.21. The quantitative estimate of drug-likeness (QED) is 0.874. The molecule has 1 aliphatic heterocycles. The van der Waals surface area contributed by atoms with Crippen LogP contribution in [0.2, 0.25) is 0 Å². The van der Waals surface area contributed by atoms with Crippen molar-refractivity contribution in [3.63, 3.8) is 0 Å². The second kappa shape index (κ2) is 6.71. The van der Waals surface area contributed by atoms with Crippen LogP contribution in [0.25, 0.3) is 6.08 Å². The number of thioether (sulfide) groups is 1. The maximum Gasteiger partial charge on any atom is 0.286 e. The number of amides is 1. The number of benzene rings is 2. The van der Waals surface area contributed by atoms with Crippen LogP contribution in [0.1, 0.15) is 16.7 Å². The monoisotopic (exact) mass is 324 g/mol. The van der Waals surface area contributed by atoms with Gasteiger partial charge in [0.15, 0.2) is 5.17 Å². The van der Waals surface area contributed by atoms with Gasteiger partial charge < -0.3 is 10.5 Å².